The molecule has 1 heterocycles. The highest BCUT2D eigenvalue weighted by molar-refractivity contribution is 5.74. The minimum absolute atomic E-state index is 0.0708. The number of halogens is 1. The Morgan fingerprint density at radius 3 is 3.00 bits per heavy atom. The number of hydrogen-bond acceptors (Lipinski definition) is 3. The predicted octanol–water partition coefficient (Wildman–Crippen LogP) is 2.40. The number of nitrogens with one attached hydrogen (secondary N) is 1. The molecule has 2 rings (SSSR count). The molecule has 6 heteroatoms. The molecule has 1 aromatic carbocycles. The van der Waals surface area contributed by atoms with E-state index >= 15 is 0 Å². The lowest BCUT2D eigenvalue weighted by Crippen LogP contribution is -2.46. The van der Waals surface area contributed by atoms with Gasteiger partial charge in [-0.2, -0.15) is 0 Å². The standard InChI is InChI=1S/C17H25FN2O3/c18-15-7-1-2-8-16(15)23-13-14-6-5-10-20(12-14)17(22)19-9-3-4-11-21/h1-2,7-8,14,21H,3-6,9-13H2,(H,19,22). The lowest BCUT2D eigenvalue weighted by atomic mass is 9.99. The molecule has 2 amide bonds. The van der Waals surface area contributed by atoms with Crippen molar-refractivity contribution in [2.24, 2.45) is 5.92 Å². The molecule has 1 saturated heterocycles. The quantitative estimate of drug-likeness (QED) is 0.757. The van der Waals surface area contributed by atoms with Gasteiger partial charge in [0.05, 0.1) is 6.61 Å². The third kappa shape index (κ3) is 5.71. The van der Waals surface area contributed by atoms with Crippen LogP contribution < -0.4 is 10.1 Å². The predicted molar refractivity (Wildman–Crippen MR) is 85.9 cm³/mol. The van der Waals surface area contributed by atoms with Crippen molar-refractivity contribution in [2.75, 3.05) is 32.8 Å². The van der Waals surface area contributed by atoms with Crippen molar-refractivity contribution >= 4 is 6.03 Å². The molecule has 2 N–H and O–H groups in total. The summed E-state index contributed by atoms with van der Waals surface area (Å²) in [4.78, 5) is 13.9. The van der Waals surface area contributed by atoms with Crippen LogP contribution in [0.4, 0.5) is 9.18 Å². The zero-order chi connectivity index (χ0) is 16.5. The number of piperidine rings is 1. The zero-order valence-electron chi connectivity index (χ0n) is 13.3. The second-order valence-corrected chi connectivity index (χ2v) is 5.86. The van der Waals surface area contributed by atoms with Crippen molar-refractivity contribution in [2.45, 2.75) is 25.7 Å². The maximum Gasteiger partial charge on any atom is 0.317 e. The third-order valence-electron chi connectivity index (χ3n) is 3.98. The van der Waals surface area contributed by atoms with E-state index < -0.39 is 0 Å². The summed E-state index contributed by atoms with van der Waals surface area (Å²) in [5, 5.41) is 11.6. The first-order chi connectivity index (χ1) is 11.2. The van der Waals surface area contributed by atoms with Crippen LogP contribution in [0.5, 0.6) is 5.75 Å². The van der Waals surface area contributed by atoms with Gasteiger partial charge in [0.25, 0.3) is 0 Å². The van der Waals surface area contributed by atoms with E-state index in [9.17, 15) is 9.18 Å². The van der Waals surface area contributed by atoms with E-state index in [2.05, 4.69) is 5.32 Å². The summed E-state index contributed by atoms with van der Waals surface area (Å²) in [6, 6.07) is 6.29. The first kappa shape index (κ1) is 17.5. The molecule has 0 bridgehead atoms. The highest BCUT2D eigenvalue weighted by atomic mass is 19.1. The second-order valence-electron chi connectivity index (χ2n) is 5.86. The summed E-state index contributed by atoms with van der Waals surface area (Å²) in [6.07, 6.45) is 3.37. The van der Waals surface area contributed by atoms with Gasteiger partial charge >= 0.3 is 6.03 Å². The lowest BCUT2D eigenvalue weighted by Gasteiger charge is -2.32. The number of carbonyl (C=O) groups excluding carboxylic acids is 1. The van der Waals surface area contributed by atoms with Crippen LogP contribution in [-0.2, 0) is 0 Å². The van der Waals surface area contributed by atoms with Crippen LogP contribution in [-0.4, -0.2) is 48.9 Å². The number of aliphatic hydroxyl groups is 1. The summed E-state index contributed by atoms with van der Waals surface area (Å²) >= 11 is 0. The molecular formula is C17H25FN2O3. The smallest absolute Gasteiger partial charge is 0.317 e. The Labute approximate surface area is 136 Å². The van der Waals surface area contributed by atoms with Gasteiger partial charge in [0, 0.05) is 32.2 Å². The maximum absolute atomic E-state index is 13.5. The number of hydrogen-bond donors (Lipinski definition) is 2. The number of nitrogens with zero attached hydrogens (tertiary/aromatic N) is 1. The van der Waals surface area contributed by atoms with Crippen LogP contribution in [0.3, 0.4) is 0 Å². The minimum atomic E-state index is -0.359. The van der Waals surface area contributed by atoms with Gasteiger partial charge in [0.15, 0.2) is 11.6 Å². The number of likely N-dealkylation sites (tertiary alicyclic amines) is 1. The molecule has 0 radical (unpaired) electrons. The van der Waals surface area contributed by atoms with Gasteiger partial charge in [-0.25, -0.2) is 9.18 Å². The number of carbonyl (C=O) groups is 1. The first-order valence-corrected chi connectivity index (χ1v) is 8.21. The van der Waals surface area contributed by atoms with Crippen molar-refractivity contribution < 1.29 is 19.0 Å². The van der Waals surface area contributed by atoms with Gasteiger partial charge in [0.1, 0.15) is 0 Å². The van der Waals surface area contributed by atoms with Gasteiger partial charge in [-0.05, 0) is 37.8 Å². The summed E-state index contributed by atoms with van der Waals surface area (Å²) in [5.74, 6) is 0.117. The Bertz CT molecular complexity index is 498. The Morgan fingerprint density at radius 2 is 2.22 bits per heavy atom. The van der Waals surface area contributed by atoms with Crippen molar-refractivity contribution in [1.82, 2.24) is 10.2 Å². The number of ether oxygens (including phenoxy) is 1. The molecule has 1 atom stereocenters. The topological polar surface area (TPSA) is 61.8 Å². The number of urea groups is 1. The van der Waals surface area contributed by atoms with E-state index in [1.165, 1.54) is 6.07 Å². The van der Waals surface area contributed by atoms with E-state index in [4.69, 9.17) is 9.84 Å². The fraction of sp³-hybridized carbons (Fsp3) is 0.588. The van der Waals surface area contributed by atoms with Gasteiger partial charge in [0.2, 0.25) is 0 Å². The van der Waals surface area contributed by atoms with Crippen LogP contribution in [0.2, 0.25) is 0 Å². The summed E-state index contributed by atoms with van der Waals surface area (Å²) in [7, 11) is 0. The largest absolute Gasteiger partial charge is 0.490 e. The Morgan fingerprint density at radius 1 is 1.39 bits per heavy atom. The zero-order valence-corrected chi connectivity index (χ0v) is 13.3. The van der Waals surface area contributed by atoms with E-state index in [0.717, 1.165) is 25.8 Å². The molecule has 128 valence electrons. The van der Waals surface area contributed by atoms with Gasteiger partial charge in [-0.1, -0.05) is 12.1 Å². The molecule has 0 aromatic heterocycles. The van der Waals surface area contributed by atoms with Crippen molar-refractivity contribution in [3.63, 3.8) is 0 Å². The third-order valence-corrected chi connectivity index (χ3v) is 3.98. The van der Waals surface area contributed by atoms with Gasteiger partial charge in [-0.3, -0.25) is 0 Å². The van der Waals surface area contributed by atoms with Crippen LogP contribution in [0.25, 0.3) is 0 Å². The lowest BCUT2D eigenvalue weighted by molar-refractivity contribution is 0.135. The van der Waals surface area contributed by atoms with Crippen molar-refractivity contribution in [1.29, 1.82) is 0 Å². The number of rotatable bonds is 7. The van der Waals surface area contributed by atoms with E-state index in [0.29, 0.717) is 26.1 Å². The highest BCUT2D eigenvalue weighted by Gasteiger charge is 2.24. The molecule has 1 fully saturated rings. The van der Waals surface area contributed by atoms with E-state index in [1.807, 2.05) is 0 Å². The number of unbranched alkanes of at least 4 members (excludes halogenated alkanes) is 1. The first-order valence-electron chi connectivity index (χ1n) is 8.21. The fourth-order valence-electron chi connectivity index (χ4n) is 2.70. The van der Waals surface area contributed by atoms with Gasteiger partial charge in [-0.15, -0.1) is 0 Å². The molecule has 1 unspecified atom stereocenters. The molecule has 0 aliphatic carbocycles. The van der Waals surface area contributed by atoms with E-state index in [1.54, 1.807) is 23.1 Å². The van der Waals surface area contributed by atoms with E-state index in [-0.39, 0.29) is 30.1 Å². The number of aliphatic hydroxyl groups excluding tert-OH is 1. The Hall–Kier alpha value is -1.82. The highest BCUT2D eigenvalue weighted by Crippen LogP contribution is 2.20. The molecule has 23 heavy (non-hydrogen) atoms. The van der Waals surface area contributed by atoms with Crippen LogP contribution in [0.15, 0.2) is 24.3 Å². The number of para-hydroxylation sites is 1. The van der Waals surface area contributed by atoms with Crippen molar-refractivity contribution in [3.8, 4) is 5.75 Å². The van der Waals surface area contributed by atoms with Crippen LogP contribution in [0.1, 0.15) is 25.7 Å². The second kappa shape index (κ2) is 9.35. The van der Waals surface area contributed by atoms with Crippen molar-refractivity contribution in [3.05, 3.63) is 30.1 Å². The molecule has 1 aliphatic rings. The molecule has 0 saturated carbocycles. The average molecular weight is 324 g/mol. The summed E-state index contributed by atoms with van der Waals surface area (Å²) in [5.41, 5.74) is 0. The van der Waals surface area contributed by atoms with Gasteiger partial charge < -0.3 is 20.1 Å². The van der Waals surface area contributed by atoms with Crippen LogP contribution >= 0.6 is 0 Å². The maximum atomic E-state index is 13.5. The molecule has 5 nitrogen and oxygen atoms in total. The Balaban J connectivity index is 1.74. The number of amides is 2. The monoisotopic (exact) mass is 324 g/mol. The normalized spacial score (nSPS) is 17.8. The summed E-state index contributed by atoms with van der Waals surface area (Å²) in [6.45, 7) is 2.50. The fourth-order valence-corrected chi connectivity index (χ4v) is 2.70. The minimum Gasteiger partial charge on any atom is -0.490 e. The number of benzene rings is 1. The molecule has 1 aromatic rings. The molecular weight excluding hydrogens is 299 g/mol. The average Bonchev–Trinajstić information content (AvgIpc) is 2.58. The molecule has 1 aliphatic heterocycles. The Kier molecular flexibility index (Phi) is 7.13. The molecule has 0 spiro atoms. The SMILES string of the molecule is O=C(NCCCCO)N1CCCC(COc2ccccc2F)C1. The summed E-state index contributed by atoms with van der Waals surface area (Å²) < 4.78 is 19.1. The van der Waals surface area contributed by atoms with Crippen LogP contribution in [0, 0.1) is 11.7 Å².